The average molecular weight is 498 g/mol. The molecule has 1 saturated heterocycles. The van der Waals surface area contributed by atoms with Crippen LogP contribution in [0.4, 0.5) is 20.6 Å². The van der Waals surface area contributed by atoms with Crippen molar-refractivity contribution in [1.82, 2.24) is 14.7 Å². The highest BCUT2D eigenvalue weighted by atomic mass is 19.1. The Bertz CT molecular complexity index is 1300. The molecule has 2 aromatic carbocycles. The first-order valence-electron chi connectivity index (χ1n) is 11.8. The Morgan fingerprint density at radius 1 is 1.17 bits per heavy atom. The number of carbonyl (C=O) groups excluding carboxylic acids is 2. The van der Waals surface area contributed by atoms with Gasteiger partial charge in [0.05, 0.1) is 23.9 Å². The standard InChI is InChI=1S/C26H32FN5O4/c1-16-14-31(9-10-32(16)25(34)36-26(2,3)4)18-7-8-21(20(27)12-18)28-24(33)19-11-17-15-30(5)29-22(17)13-23(19)35-6/h7-8,11-13,15-16H,9-10,14H2,1-6H3,(H,28,33)/t16-/m0/s1. The number of hydrogen-bond acceptors (Lipinski definition) is 6. The molecule has 1 aliphatic rings. The van der Waals surface area contributed by atoms with Crippen LogP contribution in [0.5, 0.6) is 5.75 Å². The second-order valence-corrected chi connectivity index (χ2v) is 10.0. The number of rotatable bonds is 4. The van der Waals surface area contributed by atoms with Gasteiger partial charge in [-0.05, 0) is 52.0 Å². The predicted octanol–water partition coefficient (Wildman–Crippen LogP) is 4.42. The van der Waals surface area contributed by atoms with Crippen LogP contribution in [0.25, 0.3) is 10.9 Å². The van der Waals surface area contributed by atoms with E-state index in [2.05, 4.69) is 10.4 Å². The molecule has 4 rings (SSSR count). The molecular weight excluding hydrogens is 465 g/mol. The molecule has 9 nitrogen and oxygen atoms in total. The third kappa shape index (κ3) is 5.37. The normalized spacial score (nSPS) is 16.2. The van der Waals surface area contributed by atoms with Gasteiger partial charge in [-0.3, -0.25) is 9.48 Å². The number of piperazine rings is 1. The summed E-state index contributed by atoms with van der Waals surface area (Å²) in [6, 6.07) is 7.95. The minimum Gasteiger partial charge on any atom is -0.496 e. The summed E-state index contributed by atoms with van der Waals surface area (Å²) in [4.78, 5) is 29.2. The Labute approximate surface area is 209 Å². The van der Waals surface area contributed by atoms with Gasteiger partial charge in [-0.15, -0.1) is 0 Å². The Hall–Kier alpha value is -3.82. The second kappa shape index (κ2) is 9.67. The van der Waals surface area contributed by atoms with Crippen LogP contribution < -0.4 is 15.0 Å². The summed E-state index contributed by atoms with van der Waals surface area (Å²) in [5, 5.41) is 7.74. The maximum Gasteiger partial charge on any atom is 0.410 e. The maximum absolute atomic E-state index is 15.0. The first-order valence-corrected chi connectivity index (χ1v) is 11.8. The van der Waals surface area contributed by atoms with E-state index in [9.17, 15) is 9.59 Å². The van der Waals surface area contributed by atoms with Gasteiger partial charge in [-0.25, -0.2) is 9.18 Å². The van der Waals surface area contributed by atoms with Gasteiger partial charge >= 0.3 is 6.09 Å². The number of nitrogens with one attached hydrogen (secondary N) is 1. The number of carbonyl (C=O) groups is 2. The molecule has 0 bridgehead atoms. The minimum atomic E-state index is -0.564. The molecular formula is C26H32FN5O4. The van der Waals surface area contributed by atoms with Crippen LogP contribution in [0.1, 0.15) is 38.1 Å². The average Bonchev–Trinajstić information content (AvgIpc) is 3.16. The first kappa shape index (κ1) is 25.3. The van der Waals surface area contributed by atoms with Gasteiger partial charge in [0.25, 0.3) is 5.91 Å². The second-order valence-electron chi connectivity index (χ2n) is 10.0. The molecule has 192 valence electrons. The number of fused-ring (bicyclic) bond motifs is 1. The van der Waals surface area contributed by atoms with Crippen LogP contribution >= 0.6 is 0 Å². The van der Waals surface area contributed by atoms with Crippen molar-refractivity contribution in [2.24, 2.45) is 7.05 Å². The summed E-state index contributed by atoms with van der Waals surface area (Å²) in [5.74, 6) is -0.680. The zero-order chi connectivity index (χ0) is 26.2. The maximum atomic E-state index is 15.0. The zero-order valence-corrected chi connectivity index (χ0v) is 21.5. The number of benzene rings is 2. The molecule has 2 heterocycles. The van der Waals surface area contributed by atoms with Crippen molar-refractivity contribution in [3.05, 3.63) is 47.9 Å². The van der Waals surface area contributed by atoms with E-state index in [-0.39, 0.29) is 23.4 Å². The number of nitrogens with zero attached hydrogens (tertiary/aromatic N) is 4. The molecule has 36 heavy (non-hydrogen) atoms. The van der Waals surface area contributed by atoms with Crippen LogP contribution in [0.3, 0.4) is 0 Å². The number of halogens is 1. The van der Waals surface area contributed by atoms with Gasteiger partial charge in [-0.1, -0.05) is 0 Å². The molecule has 1 aliphatic heterocycles. The fraction of sp³-hybridized carbons (Fsp3) is 0.423. The van der Waals surface area contributed by atoms with Crippen LogP contribution in [-0.2, 0) is 11.8 Å². The van der Waals surface area contributed by atoms with Gasteiger partial charge in [0.2, 0.25) is 0 Å². The van der Waals surface area contributed by atoms with Gasteiger partial charge in [-0.2, -0.15) is 5.10 Å². The van der Waals surface area contributed by atoms with E-state index in [0.29, 0.717) is 36.6 Å². The van der Waals surface area contributed by atoms with Gasteiger partial charge in [0.1, 0.15) is 17.2 Å². The summed E-state index contributed by atoms with van der Waals surface area (Å²) < 4.78 is 27.5. The van der Waals surface area contributed by atoms with Crippen LogP contribution in [0, 0.1) is 5.82 Å². The zero-order valence-electron chi connectivity index (χ0n) is 21.5. The van der Waals surface area contributed by atoms with Crippen molar-refractivity contribution in [3.8, 4) is 5.75 Å². The SMILES string of the molecule is COc1cc2nn(C)cc2cc1C(=O)Nc1ccc(N2CCN(C(=O)OC(C)(C)C)[C@@H](C)C2)cc1F. The molecule has 0 unspecified atom stereocenters. The van der Waals surface area contributed by atoms with Gasteiger partial charge in [0.15, 0.2) is 0 Å². The summed E-state index contributed by atoms with van der Waals surface area (Å²) in [5.41, 5.74) is 1.16. The van der Waals surface area contributed by atoms with E-state index < -0.39 is 17.3 Å². The summed E-state index contributed by atoms with van der Waals surface area (Å²) in [6.45, 7) is 8.98. The van der Waals surface area contributed by atoms with E-state index >= 15 is 4.39 Å². The highest BCUT2D eigenvalue weighted by molar-refractivity contribution is 6.08. The van der Waals surface area contributed by atoms with E-state index in [1.54, 1.807) is 47.1 Å². The molecule has 1 fully saturated rings. The van der Waals surface area contributed by atoms with Crippen molar-refractivity contribution in [3.63, 3.8) is 0 Å². The third-order valence-electron chi connectivity index (χ3n) is 6.01. The lowest BCUT2D eigenvalue weighted by molar-refractivity contribution is 0.0159. The number of aryl methyl sites for hydroxylation is 1. The largest absolute Gasteiger partial charge is 0.496 e. The first-order chi connectivity index (χ1) is 16.9. The molecule has 2 amide bonds. The van der Waals surface area contributed by atoms with Crippen LogP contribution in [0.15, 0.2) is 36.5 Å². The lowest BCUT2D eigenvalue weighted by Crippen LogP contribution is -2.55. The van der Waals surface area contributed by atoms with Crippen molar-refractivity contribution in [2.75, 3.05) is 37.0 Å². The summed E-state index contributed by atoms with van der Waals surface area (Å²) in [7, 11) is 3.27. The van der Waals surface area contributed by atoms with E-state index in [1.807, 2.05) is 32.6 Å². The van der Waals surface area contributed by atoms with Crippen molar-refractivity contribution in [1.29, 1.82) is 0 Å². The molecule has 1 N–H and O–H groups in total. The molecule has 0 saturated carbocycles. The van der Waals surface area contributed by atoms with Crippen LogP contribution in [-0.4, -0.2) is 65.1 Å². The quantitative estimate of drug-likeness (QED) is 0.574. The molecule has 0 aliphatic carbocycles. The van der Waals surface area contributed by atoms with Crippen molar-refractivity contribution >= 4 is 34.3 Å². The smallest absolute Gasteiger partial charge is 0.410 e. The lowest BCUT2D eigenvalue weighted by Gasteiger charge is -2.41. The highest BCUT2D eigenvalue weighted by Gasteiger charge is 2.31. The van der Waals surface area contributed by atoms with E-state index in [1.165, 1.54) is 13.2 Å². The topological polar surface area (TPSA) is 88.9 Å². The van der Waals surface area contributed by atoms with E-state index in [0.717, 1.165) is 5.39 Å². The van der Waals surface area contributed by atoms with Gasteiger partial charge < -0.3 is 24.6 Å². The Morgan fingerprint density at radius 3 is 2.56 bits per heavy atom. The van der Waals surface area contributed by atoms with E-state index in [4.69, 9.17) is 9.47 Å². The third-order valence-corrected chi connectivity index (χ3v) is 6.01. The summed E-state index contributed by atoms with van der Waals surface area (Å²) in [6.07, 6.45) is 1.45. The van der Waals surface area contributed by atoms with Gasteiger partial charge in [0, 0.05) is 56.1 Å². The lowest BCUT2D eigenvalue weighted by atomic mass is 10.1. The molecule has 0 radical (unpaired) electrons. The number of ether oxygens (including phenoxy) is 2. The number of anilines is 2. The Balaban J connectivity index is 1.46. The minimum absolute atomic E-state index is 0.0672. The van der Waals surface area contributed by atoms with Crippen molar-refractivity contribution < 1.29 is 23.5 Å². The molecule has 3 aromatic rings. The molecule has 0 spiro atoms. The highest BCUT2D eigenvalue weighted by Crippen LogP contribution is 2.28. The van der Waals surface area contributed by atoms with Crippen molar-refractivity contribution in [2.45, 2.75) is 39.3 Å². The predicted molar refractivity (Wildman–Crippen MR) is 136 cm³/mol. The Morgan fingerprint density at radius 2 is 1.92 bits per heavy atom. The molecule has 1 aromatic heterocycles. The number of methoxy groups -OCH3 is 1. The molecule has 10 heteroatoms. The molecule has 1 atom stereocenters. The number of amides is 2. The fourth-order valence-corrected chi connectivity index (χ4v) is 4.30. The monoisotopic (exact) mass is 497 g/mol. The van der Waals surface area contributed by atoms with Crippen LogP contribution in [0.2, 0.25) is 0 Å². The Kier molecular flexibility index (Phi) is 6.79. The summed E-state index contributed by atoms with van der Waals surface area (Å²) >= 11 is 0. The fourth-order valence-electron chi connectivity index (χ4n) is 4.30. The number of hydrogen-bond donors (Lipinski definition) is 1. The number of aromatic nitrogens is 2.